The quantitative estimate of drug-likeness (QED) is 0.794. The molecule has 6 heteroatoms. The van der Waals surface area contributed by atoms with Crippen LogP contribution in [0.5, 0.6) is 0 Å². The molecule has 0 unspecified atom stereocenters. The largest absolute Gasteiger partial charge is 0.322 e. The van der Waals surface area contributed by atoms with Crippen LogP contribution in [0.4, 0.5) is 0 Å². The van der Waals surface area contributed by atoms with E-state index in [4.69, 9.17) is 0 Å². The predicted molar refractivity (Wildman–Crippen MR) is 97.4 cm³/mol. The number of benzene rings is 1. The molecule has 3 rings (SSSR count). The minimum atomic E-state index is -0.0773. The fourth-order valence-corrected chi connectivity index (χ4v) is 3.88. The molecule has 0 aliphatic carbocycles. The third-order valence-corrected chi connectivity index (χ3v) is 5.24. The van der Waals surface area contributed by atoms with Gasteiger partial charge in [-0.2, -0.15) is 0 Å². The number of nitrogens with one attached hydrogen (secondary N) is 2. The van der Waals surface area contributed by atoms with Crippen LogP contribution in [-0.2, 0) is 12.1 Å². The van der Waals surface area contributed by atoms with E-state index in [1.54, 1.807) is 9.80 Å². The van der Waals surface area contributed by atoms with E-state index in [-0.39, 0.29) is 5.54 Å². The summed E-state index contributed by atoms with van der Waals surface area (Å²) in [5, 5.41) is 12.6. The number of aromatic nitrogens is 4. The van der Waals surface area contributed by atoms with E-state index >= 15 is 0 Å². The number of piperazine rings is 1. The first-order chi connectivity index (χ1) is 12.0. The molecule has 2 N–H and O–H groups in total. The Labute approximate surface area is 150 Å². The number of quaternary nitrogens is 2. The van der Waals surface area contributed by atoms with E-state index in [1.807, 2.05) is 4.68 Å². The van der Waals surface area contributed by atoms with Crippen molar-refractivity contribution in [3.8, 4) is 0 Å². The van der Waals surface area contributed by atoms with Crippen LogP contribution in [0.15, 0.2) is 30.3 Å². The molecule has 1 aromatic heterocycles. The van der Waals surface area contributed by atoms with Crippen LogP contribution in [-0.4, -0.2) is 46.4 Å². The van der Waals surface area contributed by atoms with Crippen LogP contribution in [0.25, 0.3) is 0 Å². The van der Waals surface area contributed by atoms with Gasteiger partial charge in [-0.1, -0.05) is 37.3 Å². The van der Waals surface area contributed by atoms with Gasteiger partial charge in [0, 0.05) is 12.0 Å². The smallest absolute Gasteiger partial charge is 0.209 e. The van der Waals surface area contributed by atoms with Crippen LogP contribution in [0, 0.1) is 0 Å². The van der Waals surface area contributed by atoms with Crippen LogP contribution in [0.1, 0.15) is 51.5 Å². The van der Waals surface area contributed by atoms with Gasteiger partial charge in [-0.25, -0.2) is 4.68 Å². The Morgan fingerprint density at radius 2 is 1.76 bits per heavy atom. The van der Waals surface area contributed by atoms with Gasteiger partial charge in [-0.3, -0.25) is 0 Å². The normalized spacial score (nSPS) is 22.7. The Kier molecular flexibility index (Phi) is 5.49. The van der Waals surface area contributed by atoms with Crippen LogP contribution < -0.4 is 9.80 Å². The maximum atomic E-state index is 4.39. The second-order valence-electron chi connectivity index (χ2n) is 8.15. The molecule has 1 aliphatic heterocycles. The summed E-state index contributed by atoms with van der Waals surface area (Å²) in [7, 11) is 0. The second-order valence-corrected chi connectivity index (χ2v) is 8.15. The fourth-order valence-electron chi connectivity index (χ4n) is 3.88. The third-order valence-electron chi connectivity index (χ3n) is 5.24. The molecule has 0 spiro atoms. The highest BCUT2D eigenvalue weighted by Gasteiger charge is 2.34. The van der Waals surface area contributed by atoms with Gasteiger partial charge < -0.3 is 9.80 Å². The maximum absolute atomic E-state index is 4.39. The first-order valence-electron chi connectivity index (χ1n) is 9.50. The highest BCUT2D eigenvalue weighted by atomic mass is 15.6. The first-order valence-corrected chi connectivity index (χ1v) is 9.50. The average Bonchev–Trinajstić information content (AvgIpc) is 3.08. The molecule has 1 saturated heterocycles. The van der Waals surface area contributed by atoms with Gasteiger partial charge in [0.15, 0.2) is 0 Å². The molecule has 0 radical (unpaired) electrons. The lowest BCUT2D eigenvalue weighted by molar-refractivity contribution is -1.03. The lowest BCUT2D eigenvalue weighted by atomic mass is 10.1. The zero-order valence-electron chi connectivity index (χ0n) is 16.0. The Bertz CT molecular complexity index is 652. The summed E-state index contributed by atoms with van der Waals surface area (Å²) < 4.78 is 2.01. The van der Waals surface area contributed by atoms with E-state index in [0.29, 0.717) is 6.04 Å². The summed E-state index contributed by atoms with van der Waals surface area (Å²) in [6.45, 7) is 14.6. The molecule has 1 aliphatic rings. The van der Waals surface area contributed by atoms with Gasteiger partial charge >= 0.3 is 0 Å². The number of tetrazole rings is 1. The molecule has 2 aromatic rings. The van der Waals surface area contributed by atoms with Crippen molar-refractivity contribution in [3.05, 3.63) is 41.7 Å². The lowest BCUT2D eigenvalue weighted by Gasteiger charge is -2.34. The van der Waals surface area contributed by atoms with E-state index in [2.05, 4.69) is 73.6 Å². The van der Waals surface area contributed by atoms with E-state index in [9.17, 15) is 0 Å². The van der Waals surface area contributed by atoms with Gasteiger partial charge in [-0.15, -0.1) is 5.10 Å². The minimum Gasteiger partial charge on any atom is -0.322 e. The highest BCUT2D eigenvalue weighted by molar-refractivity contribution is 5.13. The van der Waals surface area contributed by atoms with Gasteiger partial charge in [0.25, 0.3) is 0 Å². The number of rotatable bonds is 5. The zero-order chi connectivity index (χ0) is 17.9. The van der Waals surface area contributed by atoms with Gasteiger partial charge in [0.05, 0.1) is 5.54 Å². The van der Waals surface area contributed by atoms with Crippen molar-refractivity contribution in [3.63, 3.8) is 0 Å². The summed E-state index contributed by atoms with van der Waals surface area (Å²) in [5.74, 6) is 1.04. The van der Waals surface area contributed by atoms with Crippen molar-refractivity contribution in [2.45, 2.75) is 52.2 Å². The molecule has 1 atom stereocenters. The molecular formula is C19H32N6+2. The monoisotopic (exact) mass is 344 g/mol. The van der Waals surface area contributed by atoms with Crippen LogP contribution >= 0.6 is 0 Å². The number of hydrogen-bond donors (Lipinski definition) is 2. The molecule has 25 heavy (non-hydrogen) atoms. The summed E-state index contributed by atoms with van der Waals surface area (Å²) in [6.07, 6.45) is 1.07. The third kappa shape index (κ3) is 4.25. The second kappa shape index (κ2) is 7.62. The van der Waals surface area contributed by atoms with Gasteiger partial charge in [0.1, 0.15) is 38.8 Å². The molecule has 6 nitrogen and oxygen atoms in total. The SMILES string of the molecule is CC[C@H](c1nnnn1C(C)(C)C)[NH+]1CC[NH+](Cc2ccccc2)CC1. The standard InChI is InChI=1S/C19H30N6/c1-5-17(18-20-21-22-25(18)19(2,3)4)24-13-11-23(12-14-24)15-16-9-7-6-8-10-16/h6-10,17H,5,11-15H2,1-4H3/p+2/t17-/m1/s1. The van der Waals surface area contributed by atoms with Gasteiger partial charge in [-0.05, 0) is 31.2 Å². The number of hydrogen-bond acceptors (Lipinski definition) is 3. The highest BCUT2D eigenvalue weighted by Crippen LogP contribution is 2.18. The molecule has 136 valence electrons. The van der Waals surface area contributed by atoms with Crippen molar-refractivity contribution in [1.82, 2.24) is 20.2 Å². The van der Waals surface area contributed by atoms with Crippen molar-refractivity contribution in [2.24, 2.45) is 0 Å². The van der Waals surface area contributed by atoms with Crippen LogP contribution in [0.3, 0.4) is 0 Å². The minimum absolute atomic E-state index is 0.0773. The molecule has 0 bridgehead atoms. The van der Waals surface area contributed by atoms with E-state index in [0.717, 1.165) is 18.8 Å². The van der Waals surface area contributed by atoms with E-state index < -0.39 is 0 Å². The maximum Gasteiger partial charge on any atom is 0.209 e. The van der Waals surface area contributed by atoms with Crippen molar-refractivity contribution in [2.75, 3.05) is 26.2 Å². The molecule has 2 heterocycles. The van der Waals surface area contributed by atoms with E-state index in [1.165, 1.54) is 31.7 Å². The summed E-state index contributed by atoms with van der Waals surface area (Å²) in [4.78, 5) is 3.31. The van der Waals surface area contributed by atoms with Crippen LogP contribution in [0.2, 0.25) is 0 Å². The van der Waals surface area contributed by atoms with Crippen molar-refractivity contribution < 1.29 is 9.80 Å². The Hall–Kier alpha value is -1.79. The predicted octanol–water partition coefficient (Wildman–Crippen LogP) is -0.137. The Balaban J connectivity index is 1.64. The summed E-state index contributed by atoms with van der Waals surface area (Å²) >= 11 is 0. The fraction of sp³-hybridized carbons (Fsp3) is 0.632. The average molecular weight is 345 g/mol. The first kappa shape index (κ1) is 18.0. The molecular weight excluding hydrogens is 312 g/mol. The molecule has 1 fully saturated rings. The summed E-state index contributed by atoms with van der Waals surface area (Å²) in [5.41, 5.74) is 1.36. The van der Waals surface area contributed by atoms with Crippen molar-refractivity contribution >= 4 is 0 Å². The molecule has 1 aromatic carbocycles. The number of nitrogens with zero attached hydrogens (tertiary/aromatic N) is 4. The Morgan fingerprint density at radius 3 is 2.36 bits per heavy atom. The van der Waals surface area contributed by atoms with Gasteiger partial charge in [0.2, 0.25) is 5.82 Å². The van der Waals surface area contributed by atoms with Crippen molar-refractivity contribution in [1.29, 1.82) is 0 Å². The molecule has 0 amide bonds. The Morgan fingerprint density at radius 1 is 1.08 bits per heavy atom. The lowest BCUT2D eigenvalue weighted by Crippen LogP contribution is -3.27. The molecule has 0 saturated carbocycles. The zero-order valence-corrected chi connectivity index (χ0v) is 16.0. The summed E-state index contributed by atoms with van der Waals surface area (Å²) in [6, 6.07) is 11.2. The topological polar surface area (TPSA) is 52.5 Å².